The van der Waals surface area contributed by atoms with Crippen LogP contribution in [0.1, 0.15) is 20.7 Å². The molecule has 11 heteroatoms. The molecule has 0 bridgehead atoms. The molecule has 0 amide bonds. The van der Waals surface area contributed by atoms with Crippen LogP contribution in [0.3, 0.4) is 0 Å². The summed E-state index contributed by atoms with van der Waals surface area (Å²) in [5.74, 6) is -0.564. The number of hydrogen-bond acceptors (Lipinski definition) is 10. The van der Waals surface area contributed by atoms with Gasteiger partial charge in [-0.15, -0.1) is 68.0 Å². The van der Waals surface area contributed by atoms with Gasteiger partial charge in [0.1, 0.15) is 0 Å². The highest BCUT2D eigenvalue weighted by Gasteiger charge is 2.16. The lowest BCUT2D eigenvalue weighted by atomic mass is 10.2. The van der Waals surface area contributed by atoms with Crippen molar-refractivity contribution in [2.75, 3.05) is 14.2 Å². The maximum Gasteiger partial charge on any atom is 0.339 e. The first-order chi connectivity index (χ1) is 17.0. The van der Waals surface area contributed by atoms with Gasteiger partial charge in [-0.3, -0.25) is 0 Å². The van der Waals surface area contributed by atoms with Gasteiger partial charge in [0.15, 0.2) is 0 Å². The normalized spacial score (nSPS) is 10.4. The maximum absolute atomic E-state index is 11.6. The molecule has 0 atom stereocenters. The van der Waals surface area contributed by atoms with Gasteiger partial charge >= 0.3 is 11.9 Å². The first-order valence-electron chi connectivity index (χ1n) is 9.87. The summed E-state index contributed by atoms with van der Waals surface area (Å²) in [5, 5.41) is 10.1. The van der Waals surface area contributed by atoms with Crippen LogP contribution in [-0.4, -0.2) is 26.2 Å². The number of rotatable bonds is 3. The molecule has 0 spiro atoms. The van der Waals surface area contributed by atoms with Crippen molar-refractivity contribution in [3.05, 3.63) is 78.2 Å². The minimum Gasteiger partial charge on any atom is -0.465 e. The zero-order valence-electron chi connectivity index (χ0n) is 18.3. The molecule has 0 aliphatic rings. The van der Waals surface area contributed by atoms with Crippen molar-refractivity contribution in [1.29, 1.82) is 0 Å². The third-order valence-electron chi connectivity index (χ3n) is 4.53. The van der Waals surface area contributed by atoms with Gasteiger partial charge in [0, 0.05) is 23.7 Å². The fraction of sp³-hybridized carbons (Fsp3) is 0.0833. The Morgan fingerprint density at radius 1 is 0.657 bits per heavy atom. The Morgan fingerprint density at radius 2 is 1.17 bits per heavy atom. The molecule has 4 nitrogen and oxygen atoms in total. The molecular weight excluding hydrogens is 625 g/mol. The molecule has 6 heterocycles. The predicted molar refractivity (Wildman–Crippen MR) is 157 cm³/mol. The summed E-state index contributed by atoms with van der Waals surface area (Å²) in [6.07, 6.45) is 0. The summed E-state index contributed by atoms with van der Waals surface area (Å²) in [7, 11) is 2.78. The zero-order valence-corrected chi connectivity index (χ0v) is 24.8. The standard InChI is InChI=1S/C12H8O2S3.C6H5BrO2S.C6H4S2/c1-14-12(13)7-2-4-16-11(7)10-6-9-8(17-10)3-5-15-9;1-9-6(8)4-2-3-10-5(4)7;1-3-7-6-2-4-8-5(1)6/h2-6H,1H3;2-3H,1H3;1-4H. The topological polar surface area (TPSA) is 52.6 Å². The van der Waals surface area contributed by atoms with Crippen molar-refractivity contribution in [2.45, 2.75) is 0 Å². The van der Waals surface area contributed by atoms with Crippen molar-refractivity contribution < 1.29 is 19.1 Å². The lowest BCUT2D eigenvalue weighted by Crippen LogP contribution is -2.00. The number of thiophene rings is 6. The van der Waals surface area contributed by atoms with E-state index in [4.69, 9.17) is 4.74 Å². The van der Waals surface area contributed by atoms with Gasteiger partial charge < -0.3 is 9.47 Å². The molecule has 0 N–H and O–H groups in total. The molecule has 0 aromatic carbocycles. The minimum absolute atomic E-state index is 0.266. The first kappa shape index (κ1) is 26.2. The van der Waals surface area contributed by atoms with Crippen LogP contribution in [0, 0.1) is 0 Å². The third-order valence-corrected chi connectivity index (χ3v) is 11.3. The van der Waals surface area contributed by atoms with Crippen LogP contribution in [0.25, 0.3) is 28.6 Å². The molecule has 0 aliphatic carbocycles. The number of halogens is 1. The van der Waals surface area contributed by atoms with Crippen LogP contribution < -0.4 is 0 Å². The number of carbonyl (C=O) groups is 2. The fourth-order valence-electron chi connectivity index (χ4n) is 2.89. The number of methoxy groups -OCH3 is 2. The molecule has 6 rings (SSSR count). The molecule has 0 fully saturated rings. The lowest BCUT2D eigenvalue weighted by molar-refractivity contribution is 0.0592. The van der Waals surface area contributed by atoms with Crippen LogP contribution in [0.2, 0.25) is 0 Å². The van der Waals surface area contributed by atoms with Crippen LogP contribution in [0.5, 0.6) is 0 Å². The van der Waals surface area contributed by atoms with E-state index in [0.29, 0.717) is 11.1 Å². The summed E-state index contributed by atoms with van der Waals surface area (Å²) in [4.78, 5) is 24.6. The molecule has 180 valence electrons. The van der Waals surface area contributed by atoms with E-state index in [9.17, 15) is 9.59 Å². The van der Waals surface area contributed by atoms with Crippen LogP contribution in [0.15, 0.2) is 67.1 Å². The Labute approximate surface area is 234 Å². The van der Waals surface area contributed by atoms with E-state index in [1.807, 2.05) is 16.8 Å². The van der Waals surface area contributed by atoms with Gasteiger partial charge in [0.05, 0.1) is 34.0 Å². The summed E-state index contributed by atoms with van der Waals surface area (Å²) in [5.41, 5.74) is 1.25. The summed E-state index contributed by atoms with van der Waals surface area (Å²) >= 11 is 13.3. The molecule has 0 saturated heterocycles. The number of fused-ring (bicyclic) bond motifs is 2. The molecule has 0 saturated carbocycles. The highest BCUT2D eigenvalue weighted by Crippen LogP contribution is 2.40. The second kappa shape index (κ2) is 12.4. The molecule has 35 heavy (non-hydrogen) atoms. The average molecular weight is 642 g/mol. The van der Waals surface area contributed by atoms with Crippen LogP contribution in [-0.2, 0) is 9.47 Å². The zero-order chi connectivity index (χ0) is 24.8. The van der Waals surface area contributed by atoms with Crippen molar-refractivity contribution in [3.63, 3.8) is 0 Å². The van der Waals surface area contributed by atoms with Crippen molar-refractivity contribution >= 4 is 115 Å². The quantitative estimate of drug-likeness (QED) is 0.181. The second-order valence-corrected chi connectivity index (χ2v) is 13.7. The number of hydrogen-bond donors (Lipinski definition) is 0. The van der Waals surface area contributed by atoms with Crippen molar-refractivity contribution in [3.8, 4) is 9.75 Å². The second-order valence-electron chi connectivity index (χ2n) is 6.58. The van der Waals surface area contributed by atoms with Gasteiger partial charge in [-0.2, -0.15) is 0 Å². The van der Waals surface area contributed by atoms with Gasteiger partial charge in [-0.25, -0.2) is 9.59 Å². The molecule has 0 aliphatic heterocycles. The van der Waals surface area contributed by atoms with E-state index in [0.717, 1.165) is 13.5 Å². The van der Waals surface area contributed by atoms with E-state index in [2.05, 4.69) is 61.1 Å². The highest BCUT2D eigenvalue weighted by molar-refractivity contribution is 9.11. The number of ether oxygens (including phenoxy) is 2. The minimum atomic E-state index is -0.298. The first-order valence-corrected chi connectivity index (χ1v) is 15.9. The van der Waals surface area contributed by atoms with Gasteiger partial charge in [0.25, 0.3) is 0 Å². The number of carbonyl (C=O) groups excluding carboxylic acids is 2. The Balaban J connectivity index is 0.000000136. The Morgan fingerprint density at radius 3 is 1.74 bits per heavy atom. The van der Waals surface area contributed by atoms with Gasteiger partial charge in [0.2, 0.25) is 0 Å². The Bertz CT molecular complexity index is 1470. The van der Waals surface area contributed by atoms with Crippen LogP contribution in [0.4, 0.5) is 0 Å². The molecule has 0 unspecified atom stereocenters. The van der Waals surface area contributed by atoms with E-state index in [-0.39, 0.29) is 11.9 Å². The summed E-state index contributed by atoms with van der Waals surface area (Å²) < 4.78 is 15.5. The summed E-state index contributed by atoms with van der Waals surface area (Å²) in [6.45, 7) is 0. The molecule has 6 aromatic heterocycles. The van der Waals surface area contributed by atoms with Crippen molar-refractivity contribution in [2.24, 2.45) is 0 Å². The van der Waals surface area contributed by atoms with Crippen LogP contribution >= 0.6 is 84.0 Å². The van der Waals surface area contributed by atoms with E-state index < -0.39 is 0 Å². The smallest absolute Gasteiger partial charge is 0.339 e. The molecule has 0 radical (unpaired) electrons. The monoisotopic (exact) mass is 640 g/mol. The van der Waals surface area contributed by atoms with Gasteiger partial charge in [-0.1, -0.05) is 0 Å². The molecule has 6 aromatic rings. The van der Waals surface area contributed by atoms with Crippen molar-refractivity contribution in [1.82, 2.24) is 0 Å². The predicted octanol–water partition coefficient (Wildman–Crippen LogP) is 9.74. The largest absolute Gasteiger partial charge is 0.465 e. The fourth-order valence-corrected chi connectivity index (χ4v) is 9.06. The molecular formula is C24H17BrO4S6. The van der Waals surface area contributed by atoms with Gasteiger partial charge in [-0.05, 0) is 79.2 Å². The number of esters is 2. The van der Waals surface area contributed by atoms with E-state index in [1.165, 1.54) is 44.4 Å². The average Bonchev–Trinajstić information content (AvgIpc) is 3.67. The Kier molecular flexibility index (Phi) is 9.28. The van der Waals surface area contributed by atoms with E-state index in [1.54, 1.807) is 62.8 Å². The summed E-state index contributed by atoms with van der Waals surface area (Å²) in [6, 6.07) is 12.1. The lowest BCUT2D eigenvalue weighted by Gasteiger charge is -1.98. The third kappa shape index (κ3) is 6.29. The SMILES string of the molecule is COC(=O)c1ccsc1-c1cc2sccc2s1.COC(=O)c1ccsc1Br.c1cc2sccc2s1. The Hall–Kier alpha value is -1.86. The van der Waals surface area contributed by atoms with E-state index >= 15 is 0 Å². The maximum atomic E-state index is 11.6. The highest BCUT2D eigenvalue weighted by atomic mass is 79.9.